The molecule has 0 aliphatic rings. The molecular weight excluding hydrogens is 278 g/mol. The van der Waals surface area contributed by atoms with Crippen LogP contribution in [0.2, 0.25) is 5.15 Å². The molecule has 0 amide bonds. The van der Waals surface area contributed by atoms with Crippen molar-refractivity contribution in [3.05, 3.63) is 28.5 Å². The lowest BCUT2D eigenvalue weighted by atomic mass is 10.0. The van der Waals surface area contributed by atoms with Gasteiger partial charge in [0.25, 0.3) is 0 Å². The summed E-state index contributed by atoms with van der Waals surface area (Å²) in [7, 11) is 0. The average molecular weight is 290 g/mol. The molecule has 0 saturated heterocycles. The molecule has 2 unspecified atom stereocenters. The molecule has 3 N–H and O–H groups in total. The molecule has 0 saturated carbocycles. The zero-order chi connectivity index (χ0) is 14.6. The van der Waals surface area contributed by atoms with Crippen molar-refractivity contribution in [3.63, 3.8) is 0 Å². The normalized spacial score (nSPS) is 13.7. The van der Waals surface area contributed by atoms with E-state index in [2.05, 4.69) is 9.72 Å². The number of aliphatic hydroxyl groups is 2. The van der Waals surface area contributed by atoms with E-state index in [9.17, 15) is 19.8 Å². The van der Waals surface area contributed by atoms with Gasteiger partial charge >= 0.3 is 11.9 Å². The van der Waals surface area contributed by atoms with Crippen molar-refractivity contribution < 1.29 is 29.6 Å². The largest absolute Gasteiger partial charge is 0.478 e. The number of pyridine rings is 1. The van der Waals surface area contributed by atoms with Gasteiger partial charge in [0.15, 0.2) is 6.10 Å². The first-order chi connectivity index (χ1) is 8.88. The molecule has 19 heavy (non-hydrogen) atoms. The van der Waals surface area contributed by atoms with Crippen molar-refractivity contribution in [2.24, 2.45) is 0 Å². The zero-order valence-electron chi connectivity index (χ0n) is 9.91. The Hall–Kier alpha value is -1.70. The predicted molar refractivity (Wildman–Crippen MR) is 63.8 cm³/mol. The highest BCUT2D eigenvalue weighted by Crippen LogP contribution is 2.22. The van der Waals surface area contributed by atoms with Crippen LogP contribution in [0.5, 0.6) is 0 Å². The number of carboxylic acids is 1. The predicted octanol–water partition coefficient (Wildman–Crippen LogP) is 0.391. The van der Waals surface area contributed by atoms with Crippen molar-refractivity contribution >= 4 is 23.5 Å². The van der Waals surface area contributed by atoms with Gasteiger partial charge in [0.05, 0.1) is 12.2 Å². The highest BCUT2D eigenvalue weighted by atomic mass is 35.5. The maximum absolute atomic E-state index is 11.2. The van der Waals surface area contributed by atoms with E-state index >= 15 is 0 Å². The van der Waals surface area contributed by atoms with Crippen LogP contribution >= 0.6 is 11.6 Å². The highest BCUT2D eigenvalue weighted by Gasteiger charge is 2.28. The number of aliphatic hydroxyl groups excluding tert-OH is 2. The number of hydrogen-bond donors (Lipinski definition) is 3. The Morgan fingerprint density at radius 3 is 2.63 bits per heavy atom. The van der Waals surface area contributed by atoms with Crippen LogP contribution < -0.4 is 0 Å². The van der Waals surface area contributed by atoms with Crippen molar-refractivity contribution in [2.75, 3.05) is 6.61 Å². The molecule has 104 valence electrons. The van der Waals surface area contributed by atoms with E-state index in [-0.39, 0.29) is 22.9 Å². The smallest absolute Gasteiger partial charge is 0.338 e. The van der Waals surface area contributed by atoms with Crippen molar-refractivity contribution in [1.82, 2.24) is 4.98 Å². The fraction of sp³-hybridized carbons (Fsp3) is 0.364. The first kappa shape index (κ1) is 15.4. The molecule has 0 aliphatic heterocycles. The Morgan fingerprint density at radius 1 is 1.47 bits per heavy atom. The number of ether oxygens (including phenoxy) is 1. The van der Waals surface area contributed by atoms with Crippen LogP contribution in [-0.2, 0) is 9.53 Å². The molecule has 1 heterocycles. The number of carbonyl (C=O) groups excluding carboxylic acids is 1. The van der Waals surface area contributed by atoms with Crippen LogP contribution in [0.4, 0.5) is 0 Å². The van der Waals surface area contributed by atoms with Crippen LogP contribution in [0.3, 0.4) is 0 Å². The van der Waals surface area contributed by atoms with Gasteiger partial charge in [-0.2, -0.15) is 0 Å². The minimum absolute atomic E-state index is 0.0435. The number of aromatic carboxylic acids is 1. The summed E-state index contributed by atoms with van der Waals surface area (Å²) in [5.74, 6) is -2.35. The first-order valence-electron chi connectivity index (χ1n) is 5.30. The lowest BCUT2D eigenvalue weighted by Crippen LogP contribution is -2.30. The second kappa shape index (κ2) is 6.46. The van der Waals surface area contributed by atoms with Crippen LogP contribution in [-0.4, -0.2) is 45.0 Å². The fourth-order valence-corrected chi connectivity index (χ4v) is 1.50. The summed E-state index contributed by atoms with van der Waals surface area (Å²) in [6, 6.07) is 1.03. The molecule has 2 atom stereocenters. The van der Waals surface area contributed by atoms with E-state index in [4.69, 9.17) is 16.7 Å². The Bertz CT molecular complexity index is 492. The number of rotatable bonds is 5. The number of carbonyl (C=O) groups is 2. The summed E-state index contributed by atoms with van der Waals surface area (Å²) < 4.78 is 4.54. The molecule has 0 fully saturated rings. The summed E-state index contributed by atoms with van der Waals surface area (Å²) in [5, 5.41) is 27.9. The second-order valence-electron chi connectivity index (χ2n) is 3.55. The number of nitrogens with zero attached hydrogens (tertiary/aromatic N) is 1. The van der Waals surface area contributed by atoms with Gasteiger partial charge in [-0.15, -0.1) is 0 Å². The third kappa shape index (κ3) is 3.63. The van der Waals surface area contributed by atoms with E-state index in [1.807, 2.05) is 0 Å². The Balaban J connectivity index is 3.00. The van der Waals surface area contributed by atoms with E-state index < -0.39 is 24.1 Å². The lowest BCUT2D eigenvalue weighted by Gasteiger charge is -2.16. The molecule has 7 nitrogen and oxygen atoms in total. The minimum atomic E-state index is -1.83. The van der Waals surface area contributed by atoms with Crippen molar-refractivity contribution in [2.45, 2.75) is 19.1 Å². The number of halogens is 1. The molecule has 1 aromatic rings. The van der Waals surface area contributed by atoms with E-state index in [1.165, 1.54) is 0 Å². The van der Waals surface area contributed by atoms with Gasteiger partial charge in [-0.3, -0.25) is 0 Å². The molecule has 8 heteroatoms. The number of aromatic nitrogens is 1. The van der Waals surface area contributed by atoms with Gasteiger partial charge in [-0.1, -0.05) is 11.6 Å². The van der Waals surface area contributed by atoms with Gasteiger partial charge in [0, 0.05) is 11.8 Å². The van der Waals surface area contributed by atoms with E-state index in [1.54, 1.807) is 6.92 Å². The van der Waals surface area contributed by atoms with Crippen LogP contribution in [0.15, 0.2) is 12.3 Å². The summed E-state index contributed by atoms with van der Waals surface area (Å²) >= 11 is 5.56. The topological polar surface area (TPSA) is 117 Å². The zero-order valence-corrected chi connectivity index (χ0v) is 10.7. The van der Waals surface area contributed by atoms with E-state index in [0.29, 0.717) is 0 Å². The van der Waals surface area contributed by atoms with Crippen molar-refractivity contribution in [1.29, 1.82) is 0 Å². The maximum atomic E-state index is 11.2. The van der Waals surface area contributed by atoms with Crippen molar-refractivity contribution in [3.8, 4) is 0 Å². The molecule has 0 bridgehead atoms. The van der Waals surface area contributed by atoms with Crippen LogP contribution in [0, 0.1) is 0 Å². The Kier molecular flexibility index (Phi) is 5.22. The molecule has 1 rings (SSSR count). The Labute approximate surface area is 113 Å². The van der Waals surface area contributed by atoms with Gasteiger partial charge in [0.2, 0.25) is 0 Å². The minimum Gasteiger partial charge on any atom is -0.478 e. The Morgan fingerprint density at radius 2 is 2.11 bits per heavy atom. The number of hydrogen-bond acceptors (Lipinski definition) is 6. The molecule has 1 aromatic heterocycles. The molecule has 0 radical (unpaired) electrons. The van der Waals surface area contributed by atoms with E-state index in [0.717, 1.165) is 12.3 Å². The monoisotopic (exact) mass is 289 g/mol. The second-order valence-corrected chi connectivity index (χ2v) is 3.91. The van der Waals surface area contributed by atoms with Gasteiger partial charge in [-0.25, -0.2) is 14.6 Å². The SMILES string of the molecule is CCOC(=O)C(O)C(O)c1cnc(Cl)c(C(=O)O)c1. The lowest BCUT2D eigenvalue weighted by molar-refractivity contribution is -0.159. The summed E-state index contributed by atoms with van der Waals surface area (Å²) in [5.41, 5.74) is -0.392. The standard InChI is InChI=1S/C11H12ClNO6/c1-2-19-11(18)8(15)7(14)5-3-6(10(16)17)9(12)13-4-5/h3-4,7-8,14-15H,2H2,1H3,(H,16,17). The summed E-state index contributed by atoms with van der Waals surface area (Å²) in [6.45, 7) is 1.59. The van der Waals surface area contributed by atoms with Crippen LogP contribution in [0.25, 0.3) is 0 Å². The number of esters is 1. The maximum Gasteiger partial charge on any atom is 0.338 e. The van der Waals surface area contributed by atoms with Gasteiger partial charge < -0.3 is 20.1 Å². The summed E-state index contributed by atoms with van der Waals surface area (Å²) in [4.78, 5) is 25.7. The fourth-order valence-electron chi connectivity index (χ4n) is 1.31. The van der Waals surface area contributed by atoms with Gasteiger partial charge in [0.1, 0.15) is 11.3 Å². The summed E-state index contributed by atoms with van der Waals surface area (Å²) in [6.07, 6.45) is -2.41. The third-order valence-corrected chi connectivity index (χ3v) is 2.56. The quantitative estimate of drug-likeness (QED) is 0.530. The average Bonchev–Trinajstić information content (AvgIpc) is 2.37. The first-order valence-corrected chi connectivity index (χ1v) is 5.67. The molecule has 0 spiro atoms. The van der Waals surface area contributed by atoms with Gasteiger partial charge in [-0.05, 0) is 13.0 Å². The highest BCUT2D eigenvalue weighted by molar-refractivity contribution is 6.32. The third-order valence-electron chi connectivity index (χ3n) is 2.26. The molecular formula is C11H12ClNO6. The number of carboxylic acid groups (broad SMARTS) is 1. The molecule has 0 aliphatic carbocycles. The van der Waals surface area contributed by atoms with Crippen LogP contribution in [0.1, 0.15) is 28.9 Å². The molecule has 0 aromatic carbocycles.